The van der Waals surface area contributed by atoms with Gasteiger partial charge in [-0.05, 0) is 82.9 Å². The molecule has 4 aromatic heterocycles. The zero-order valence-electron chi connectivity index (χ0n) is 33.7. The minimum atomic E-state index is 0.644. The first-order valence-corrected chi connectivity index (χ1v) is 21.1. The van der Waals surface area contributed by atoms with Gasteiger partial charge in [-0.3, -0.25) is 0 Å². The quantitative estimate of drug-likeness (QED) is 0.167. The fourth-order valence-electron chi connectivity index (χ4n) is 9.26. The summed E-state index contributed by atoms with van der Waals surface area (Å²) in [6.45, 7) is 0. The molecule has 0 radical (unpaired) electrons. The average Bonchev–Trinajstić information content (AvgIpc) is 4.05. The van der Waals surface area contributed by atoms with Crippen LogP contribution in [-0.2, 0) is 0 Å². The zero-order chi connectivity index (χ0) is 41.4. The second kappa shape index (κ2) is 14.0. The summed E-state index contributed by atoms with van der Waals surface area (Å²) in [5, 5.41) is 6.52. The lowest BCUT2D eigenvalue weighted by atomic mass is 9.93. The van der Waals surface area contributed by atoms with E-state index in [-0.39, 0.29) is 0 Å². The fourth-order valence-corrected chi connectivity index (χ4v) is 9.26. The Bertz CT molecular complexity index is 3800. The summed E-state index contributed by atoms with van der Waals surface area (Å²) in [5.74, 6) is 0.644. The monoisotopic (exact) mass is 806 g/mol. The van der Waals surface area contributed by atoms with E-state index in [4.69, 9.17) is 23.2 Å². The standard InChI is InChI=1S/C58H34N2O3/c1-2-13-35(14-3-1)58-59-50(38-16-10-15-36(29-38)37-27-28-55-49(33-37)46-19-6-7-24-52(46)61-55)34-51(60-58)41-31-39(42-20-11-22-47-44-17-4-8-25-53(44)62-56(42)47)30-40(32-41)43-21-12-23-48-45-18-5-9-26-54(45)63-57(43)48/h1-34H. The second-order valence-electron chi connectivity index (χ2n) is 16.1. The number of para-hydroxylation sites is 5. The maximum atomic E-state index is 6.63. The molecule has 294 valence electrons. The van der Waals surface area contributed by atoms with Gasteiger partial charge in [0.15, 0.2) is 5.82 Å². The van der Waals surface area contributed by atoms with Crippen molar-refractivity contribution in [3.05, 3.63) is 206 Å². The van der Waals surface area contributed by atoms with Crippen LogP contribution in [0.15, 0.2) is 220 Å². The molecule has 0 fully saturated rings. The Kier molecular flexibility index (Phi) is 7.84. The van der Waals surface area contributed by atoms with Crippen LogP contribution in [0.2, 0.25) is 0 Å². The number of aromatic nitrogens is 2. The van der Waals surface area contributed by atoms with Crippen LogP contribution in [0.25, 0.3) is 133 Å². The van der Waals surface area contributed by atoms with Gasteiger partial charge in [0.1, 0.15) is 33.5 Å². The summed E-state index contributed by atoms with van der Waals surface area (Å²) in [7, 11) is 0. The lowest BCUT2D eigenvalue weighted by Crippen LogP contribution is -1.97. The highest BCUT2D eigenvalue weighted by molar-refractivity contribution is 6.12. The maximum absolute atomic E-state index is 6.63. The van der Waals surface area contributed by atoms with Crippen molar-refractivity contribution < 1.29 is 13.3 Å². The third-order valence-corrected chi connectivity index (χ3v) is 12.3. The number of rotatable bonds is 6. The van der Waals surface area contributed by atoms with Gasteiger partial charge < -0.3 is 13.3 Å². The smallest absolute Gasteiger partial charge is 0.160 e. The van der Waals surface area contributed by atoms with Crippen LogP contribution in [0.3, 0.4) is 0 Å². The van der Waals surface area contributed by atoms with Gasteiger partial charge in [-0.15, -0.1) is 0 Å². The molecule has 0 saturated heterocycles. The highest BCUT2D eigenvalue weighted by atomic mass is 16.3. The summed E-state index contributed by atoms with van der Waals surface area (Å²) < 4.78 is 19.4. The van der Waals surface area contributed by atoms with E-state index in [2.05, 4.69) is 152 Å². The van der Waals surface area contributed by atoms with Gasteiger partial charge in [0.2, 0.25) is 0 Å². The Morgan fingerprint density at radius 2 is 0.698 bits per heavy atom. The summed E-state index contributed by atoms with van der Waals surface area (Å²) in [4.78, 5) is 10.6. The number of fused-ring (bicyclic) bond motifs is 9. The molecule has 0 atom stereocenters. The molecule has 13 aromatic rings. The van der Waals surface area contributed by atoms with Gasteiger partial charge >= 0.3 is 0 Å². The number of nitrogens with zero attached hydrogens (tertiary/aromatic N) is 2. The van der Waals surface area contributed by atoms with Crippen LogP contribution in [0, 0.1) is 0 Å². The predicted octanol–water partition coefficient (Wildman–Crippen LogP) is 16.2. The summed E-state index contributed by atoms with van der Waals surface area (Å²) in [6, 6.07) is 71.5. The van der Waals surface area contributed by atoms with E-state index in [1.807, 2.05) is 54.6 Å². The van der Waals surface area contributed by atoms with Gasteiger partial charge in [0, 0.05) is 60.1 Å². The van der Waals surface area contributed by atoms with Crippen molar-refractivity contribution in [1.82, 2.24) is 9.97 Å². The molecule has 0 unspecified atom stereocenters. The van der Waals surface area contributed by atoms with E-state index in [0.29, 0.717) is 5.82 Å². The predicted molar refractivity (Wildman–Crippen MR) is 256 cm³/mol. The van der Waals surface area contributed by atoms with Crippen molar-refractivity contribution >= 4 is 65.8 Å². The van der Waals surface area contributed by atoms with Crippen molar-refractivity contribution in [1.29, 1.82) is 0 Å². The normalized spacial score (nSPS) is 11.8. The van der Waals surface area contributed by atoms with Crippen molar-refractivity contribution in [2.24, 2.45) is 0 Å². The molecule has 63 heavy (non-hydrogen) atoms. The molecule has 0 bridgehead atoms. The van der Waals surface area contributed by atoms with Crippen LogP contribution < -0.4 is 0 Å². The van der Waals surface area contributed by atoms with Crippen molar-refractivity contribution in [3.63, 3.8) is 0 Å². The summed E-state index contributed by atoms with van der Waals surface area (Å²) >= 11 is 0. The zero-order valence-corrected chi connectivity index (χ0v) is 33.7. The molecule has 0 spiro atoms. The Hall–Kier alpha value is -8.54. The molecule has 5 heteroatoms. The number of hydrogen-bond donors (Lipinski definition) is 0. The Balaban J connectivity index is 1.03. The molecule has 13 rings (SSSR count). The molecule has 0 aliphatic heterocycles. The van der Waals surface area contributed by atoms with E-state index in [0.717, 1.165) is 127 Å². The minimum Gasteiger partial charge on any atom is -0.456 e. The highest BCUT2D eigenvalue weighted by Crippen LogP contribution is 2.43. The average molecular weight is 807 g/mol. The number of benzene rings is 9. The van der Waals surface area contributed by atoms with Crippen LogP contribution in [-0.4, -0.2) is 9.97 Å². The molecule has 0 N–H and O–H groups in total. The van der Waals surface area contributed by atoms with E-state index < -0.39 is 0 Å². The highest BCUT2D eigenvalue weighted by Gasteiger charge is 2.19. The Morgan fingerprint density at radius 3 is 1.35 bits per heavy atom. The first-order valence-electron chi connectivity index (χ1n) is 21.1. The van der Waals surface area contributed by atoms with Gasteiger partial charge in [0.05, 0.1) is 11.4 Å². The minimum absolute atomic E-state index is 0.644. The first-order chi connectivity index (χ1) is 31.2. The van der Waals surface area contributed by atoms with E-state index >= 15 is 0 Å². The third-order valence-electron chi connectivity index (χ3n) is 12.3. The molecular formula is C58H34N2O3. The van der Waals surface area contributed by atoms with Crippen LogP contribution in [0.5, 0.6) is 0 Å². The summed E-state index contributed by atoms with van der Waals surface area (Å²) in [6.07, 6.45) is 0. The second-order valence-corrected chi connectivity index (χ2v) is 16.1. The molecule has 0 aliphatic carbocycles. The molecule has 4 heterocycles. The van der Waals surface area contributed by atoms with E-state index in [1.54, 1.807) is 0 Å². The van der Waals surface area contributed by atoms with Gasteiger partial charge in [-0.1, -0.05) is 146 Å². The first kappa shape index (κ1) is 35.2. The van der Waals surface area contributed by atoms with Crippen molar-refractivity contribution in [2.45, 2.75) is 0 Å². The molecule has 0 saturated carbocycles. The lowest BCUT2D eigenvalue weighted by Gasteiger charge is -2.14. The van der Waals surface area contributed by atoms with Crippen molar-refractivity contribution in [3.8, 4) is 67.3 Å². The summed E-state index contributed by atoms with van der Waals surface area (Å²) in [5.41, 5.74) is 15.8. The third kappa shape index (κ3) is 5.86. The molecule has 5 nitrogen and oxygen atoms in total. The molecule has 0 aliphatic rings. The molecule has 0 amide bonds. The fraction of sp³-hybridized carbons (Fsp3) is 0. The SMILES string of the molecule is c1ccc(-c2nc(-c3cccc(-c4ccc5oc6ccccc6c5c4)c3)cc(-c3cc(-c4cccc5c4oc4ccccc45)cc(-c4cccc5c4oc4ccccc45)c3)n2)cc1. The van der Waals surface area contributed by atoms with E-state index in [9.17, 15) is 0 Å². The Labute approximate surface area is 361 Å². The van der Waals surface area contributed by atoms with Crippen LogP contribution in [0.1, 0.15) is 0 Å². The van der Waals surface area contributed by atoms with Crippen molar-refractivity contribution in [2.75, 3.05) is 0 Å². The maximum Gasteiger partial charge on any atom is 0.160 e. The van der Waals surface area contributed by atoms with Gasteiger partial charge in [-0.2, -0.15) is 0 Å². The number of furan rings is 3. The molecular weight excluding hydrogens is 773 g/mol. The van der Waals surface area contributed by atoms with Crippen LogP contribution >= 0.6 is 0 Å². The number of hydrogen-bond acceptors (Lipinski definition) is 5. The van der Waals surface area contributed by atoms with Gasteiger partial charge in [0.25, 0.3) is 0 Å². The molecule has 9 aromatic carbocycles. The largest absolute Gasteiger partial charge is 0.456 e. The van der Waals surface area contributed by atoms with E-state index in [1.165, 1.54) is 0 Å². The Morgan fingerprint density at radius 1 is 0.254 bits per heavy atom. The lowest BCUT2D eigenvalue weighted by molar-refractivity contribution is 0.669. The van der Waals surface area contributed by atoms with Gasteiger partial charge in [-0.25, -0.2) is 9.97 Å². The topological polar surface area (TPSA) is 65.2 Å². The van der Waals surface area contributed by atoms with Crippen LogP contribution in [0.4, 0.5) is 0 Å².